The number of hydrogen-bond donors (Lipinski definition) is 2. The van der Waals surface area contributed by atoms with Crippen molar-refractivity contribution in [3.8, 4) is 0 Å². The fourth-order valence-corrected chi connectivity index (χ4v) is 2.87. The molecule has 1 aliphatic rings. The maximum absolute atomic E-state index is 10.3. The number of aryl methyl sites for hydroxylation is 1. The number of β-amino-alcohol motifs (C(OH)–C–C–N with tert-alkyl or cyclic N) is 1. The number of benzene rings is 1. The van der Waals surface area contributed by atoms with Crippen molar-refractivity contribution in [1.29, 1.82) is 0 Å². The highest BCUT2D eigenvalue weighted by Crippen LogP contribution is 2.30. The maximum Gasteiger partial charge on any atom is 0.0839 e. The van der Waals surface area contributed by atoms with Crippen LogP contribution in [-0.2, 0) is 6.42 Å². The molecule has 0 bridgehead atoms. The smallest absolute Gasteiger partial charge is 0.0839 e. The summed E-state index contributed by atoms with van der Waals surface area (Å²) in [6.45, 7) is 8.96. The highest BCUT2D eigenvalue weighted by molar-refractivity contribution is 5.56. The van der Waals surface area contributed by atoms with Gasteiger partial charge >= 0.3 is 0 Å². The zero-order valence-electron chi connectivity index (χ0n) is 13.0. The van der Waals surface area contributed by atoms with Crippen LogP contribution < -0.4 is 10.2 Å². The third kappa shape index (κ3) is 3.97. The number of nitrogens with one attached hydrogen (secondary N) is 1. The van der Waals surface area contributed by atoms with E-state index in [1.807, 2.05) is 0 Å². The van der Waals surface area contributed by atoms with Gasteiger partial charge in [0, 0.05) is 24.8 Å². The van der Waals surface area contributed by atoms with E-state index in [9.17, 15) is 5.11 Å². The Morgan fingerprint density at radius 1 is 1.30 bits per heavy atom. The van der Waals surface area contributed by atoms with Crippen LogP contribution in [0.25, 0.3) is 0 Å². The highest BCUT2D eigenvalue weighted by atomic mass is 16.3. The standard InChI is InChI=1S/C17H28N2O/c1-13(2)10-18-11-16(20)12-19-14(3)8-9-15-6-4-5-7-17(15)19/h4-7,13-14,16,18,20H,8-12H2,1-3H3. The number of aliphatic hydroxyl groups is 1. The van der Waals surface area contributed by atoms with Crippen LogP contribution in [0.2, 0.25) is 0 Å². The molecule has 1 heterocycles. The van der Waals surface area contributed by atoms with E-state index in [0.29, 0.717) is 25.0 Å². The molecule has 0 radical (unpaired) electrons. The second kappa shape index (κ2) is 7.09. The molecule has 0 aliphatic carbocycles. The van der Waals surface area contributed by atoms with Crippen molar-refractivity contribution >= 4 is 5.69 Å². The predicted octanol–water partition coefficient (Wildman–Crippen LogP) is 2.43. The van der Waals surface area contributed by atoms with Crippen molar-refractivity contribution in [3.05, 3.63) is 29.8 Å². The van der Waals surface area contributed by atoms with Gasteiger partial charge in [-0.2, -0.15) is 0 Å². The first-order chi connectivity index (χ1) is 9.58. The molecular formula is C17H28N2O. The average Bonchev–Trinajstić information content (AvgIpc) is 2.41. The molecule has 112 valence electrons. The molecule has 2 N–H and O–H groups in total. The fourth-order valence-electron chi connectivity index (χ4n) is 2.87. The molecule has 0 saturated carbocycles. The summed E-state index contributed by atoms with van der Waals surface area (Å²) in [5.74, 6) is 0.622. The van der Waals surface area contributed by atoms with E-state index in [0.717, 1.165) is 13.0 Å². The third-order valence-electron chi connectivity index (χ3n) is 4.00. The summed E-state index contributed by atoms with van der Waals surface area (Å²) in [5.41, 5.74) is 2.71. The lowest BCUT2D eigenvalue weighted by Gasteiger charge is -2.38. The van der Waals surface area contributed by atoms with Crippen LogP contribution in [0.15, 0.2) is 24.3 Å². The van der Waals surface area contributed by atoms with Crippen molar-refractivity contribution < 1.29 is 5.11 Å². The van der Waals surface area contributed by atoms with E-state index in [-0.39, 0.29) is 6.10 Å². The Hall–Kier alpha value is -1.06. The largest absolute Gasteiger partial charge is 0.390 e. The Morgan fingerprint density at radius 2 is 2.05 bits per heavy atom. The van der Waals surface area contributed by atoms with Crippen LogP contribution in [0.5, 0.6) is 0 Å². The fraction of sp³-hybridized carbons (Fsp3) is 0.647. The molecule has 1 aromatic rings. The monoisotopic (exact) mass is 276 g/mol. The number of nitrogens with zero attached hydrogens (tertiary/aromatic N) is 1. The molecule has 1 aliphatic heterocycles. The number of para-hydroxylation sites is 1. The molecular weight excluding hydrogens is 248 g/mol. The Labute approximate surface area is 123 Å². The zero-order chi connectivity index (χ0) is 14.5. The minimum absolute atomic E-state index is 0.317. The van der Waals surface area contributed by atoms with Crippen LogP contribution in [0.3, 0.4) is 0 Å². The number of rotatable bonds is 6. The first kappa shape index (κ1) is 15.3. The molecule has 20 heavy (non-hydrogen) atoms. The highest BCUT2D eigenvalue weighted by Gasteiger charge is 2.24. The van der Waals surface area contributed by atoms with Gasteiger partial charge in [0.15, 0.2) is 0 Å². The van der Waals surface area contributed by atoms with Gasteiger partial charge < -0.3 is 15.3 Å². The number of anilines is 1. The topological polar surface area (TPSA) is 35.5 Å². The summed E-state index contributed by atoms with van der Waals surface area (Å²) >= 11 is 0. The van der Waals surface area contributed by atoms with Gasteiger partial charge in [-0.3, -0.25) is 0 Å². The molecule has 3 nitrogen and oxygen atoms in total. The summed E-state index contributed by atoms with van der Waals surface area (Å²) in [7, 11) is 0. The van der Waals surface area contributed by atoms with Crippen LogP contribution in [0.4, 0.5) is 5.69 Å². The molecule has 0 spiro atoms. The Morgan fingerprint density at radius 3 is 2.80 bits per heavy atom. The summed E-state index contributed by atoms with van der Waals surface area (Å²) < 4.78 is 0. The molecule has 0 amide bonds. The van der Waals surface area contributed by atoms with E-state index in [1.54, 1.807) is 0 Å². The Bertz CT molecular complexity index is 419. The van der Waals surface area contributed by atoms with Crippen LogP contribution in [-0.4, -0.2) is 36.9 Å². The Balaban J connectivity index is 1.94. The van der Waals surface area contributed by atoms with Gasteiger partial charge in [0.25, 0.3) is 0 Å². The van der Waals surface area contributed by atoms with E-state index in [4.69, 9.17) is 0 Å². The van der Waals surface area contributed by atoms with Crippen LogP contribution in [0.1, 0.15) is 32.8 Å². The van der Waals surface area contributed by atoms with Gasteiger partial charge in [-0.1, -0.05) is 32.0 Å². The van der Waals surface area contributed by atoms with Gasteiger partial charge in [-0.05, 0) is 43.9 Å². The van der Waals surface area contributed by atoms with Gasteiger partial charge in [-0.15, -0.1) is 0 Å². The summed E-state index contributed by atoms with van der Waals surface area (Å²) in [5, 5.41) is 13.6. The van der Waals surface area contributed by atoms with Gasteiger partial charge in [-0.25, -0.2) is 0 Å². The van der Waals surface area contributed by atoms with Crippen molar-refractivity contribution in [3.63, 3.8) is 0 Å². The molecule has 2 atom stereocenters. The lowest BCUT2D eigenvalue weighted by atomic mass is 9.96. The SMILES string of the molecule is CC(C)CNCC(O)CN1c2ccccc2CCC1C. The molecule has 2 unspecified atom stereocenters. The number of hydrogen-bond acceptors (Lipinski definition) is 3. The van der Waals surface area contributed by atoms with Gasteiger partial charge in [0.05, 0.1) is 6.10 Å². The van der Waals surface area contributed by atoms with E-state index >= 15 is 0 Å². The minimum atomic E-state index is -0.317. The number of aliphatic hydroxyl groups excluding tert-OH is 1. The average molecular weight is 276 g/mol. The normalized spacial score (nSPS) is 20.1. The summed E-state index contributed by atoms with van der Waals surface area (Å²) in [4.78, 5) is 2.36. The minimum Gasteiger partial charge on any atom is -0.390 e. The van der Waals surface area contributed by atoms with Gasteiger partial charge in [0.1, 0.15) is 0 Å². The van der Waals surface area contributed by atoms with E-state index < -0.39 is 0 Å². The lowest BCUT2D eigenvalue weighted by Crippen LogP contribution is -2.45. The summed E-state index contributed by atoms with van der Waals surface area (Å²) in [6, 6.07) is 9.09. The molecule has 0 aromatic heterocycles. The molecule has 0 saturated heterocycles. The van der Waals surface area contributed by atoms with Crippen LogP contribution >= 0.6 is 0 Å². The van der Waals surface area contributed by atoms with Crippen molar-refractivity contribution in [1.82, 2.24) is 5.32 Å². The first-order valence-corrected chi connectivity index (χ1v) is 7.81. The zero-order valence-corrected chi connectivity index (χ0v) is 13.0. The lowest BCUT2D eigenvalue weighted by molar-refractivity contribution is 0.172. The van der Waals surface area contributed by atoms with E-state index in [1.165, 1.54) is 17.7 Å². The Kier molecular flexibility index (Phi) is 5.44. The van der Waals surface area contributed by atoms with Crippen molar-refractivity contribution in [2.24, 2.45) is 5.92 Å². The second-order valence-electron chi connectivity index (χ2n) is 6.37. The predicted molar refractivity (Wildman–Crippen MR) is 85.3 cm³/mol. The molecule has 1 aromatic carbocycles. The first-order valence-electron chi connectivity index (χ1n) is 7.81. The van der Waals surface area contributed by atoms with Crippen molar-refractivity contribution in [2.45, 2.75) is 45.8 Å². The number of fused-ring (bicyclic) bond motifs is 1. The molecule has 0 fully saturated rings. The summed E-state index contributed by atoms with van der Waals surface area (Å²) in [6.07, 6.45) is 2.00. The van der Waals surface area contributed by atoms with E-state index in [2.05, 4.69) is 55.3 Å². The quantitative estimate of drug-likeness (QED) is 0.837. The van der Waals surface area contributed by atoms with Crippen LogP contribution in [0, 0.1) is 5.92 Å². The maximum atomic E-state index is 10.3. The second-order valence-corrected chi connectivity index (χ2v) is 6.37. The third-order valence-corrected chi connectivity index (χ3v) is 4.00. The van der Waals surface area contributed by atoms with Gasteiger partial charge in [0.2, 0.25) is 0 Å². The molecule has 2 rings (SSSR count). The van der Waals surface area contributed by atoms with Crippen molar-refractivity contribution in [2.75, 3.05) is 24.5 Å². The molecule has 3 heteroatoms.